The summed E-state index contributed by atoms with van der Waals surface area (Å²) in [6.07, 6.45) is 4.42. The maximum Gasteiger partial charge on any atom is 0.175 e. The largest absolute Gasteiger partial charge is 0.486 e. The Hall–Kier alpha value is -3.45. The van der Waals surface area contributed by atoms with Crippen LogP contribution in [0.25, 0.3) is 22.0 Å². The molecule has 0 radical (unpaired) electrons. The van der Waals surface area contributed by atoms with Crippen LogP contribution in [0.4, 0.5) is 10.1 Å². The normalized spacial score (nSPS) is 15.1. The molecular weight excluding hydrogens is 487 g/mol. The first kappa shape index (κ1) is 25.2. The molecule has 1 aliphatic rings. The van der Waals surface area contributed by atoms with Crippen LogP contribution in [0.15, 0.2) is 71.6 Å². The molecule has 0 N–H and O–H groups in total. The van der Waals surface area contributed by atoms with Crippen LogP contribution in [0.3, 0.4) is 0 Å². The number of halogens is 1. The Morgan fingerprint density at radius 2 is 1.62 bits per heavy atom. The van der Waals surface area contributed by atoms with E-state index >= 15 is 0 Å². The number of piperidine rings is 1. The minimum absolute atomic E-state index is 0.244. The number of fused-ring (bicyclic) bond motifs is 1. The molecule has 0 aliphatic carbocycles. The molecule has 192 valence electrons. The van der Waals surface area contributed by atoms with Crippen LogP contribution in [0.1, 0.15) is 43.5 Å². The molecule has 0 amide bonds. The van der Waals surface area contributed by atoms with Crippen molar-refractivity contribution in [2.24, 2.45) is 0 Å². The second-order valence-electron chi connectivity index (χ2n) is 9.75. The molecule has 0 spiro atoms. The number of hydrogen-bond acceptors (Lipinski definition) is 5. The number of aromatic nitrogens is 1. The van der Waals surface area contributed by atoms with Gasteiger partial charge in [-0.3, -0.25) is 4.98 Å². The van der Waals surface area contributed by atoms with Crippen LogP contribution in [-0.4, -0.2) is 32.7 Å². The number of rotatable bonds is 6. The summed E-state index contributed by atoms with van der Waals surface area (Å²) in [6, 6.07) is 19.4. The summed E-state index contributed by atoms with van der Waals surface area (Å²) in [7, 11) is -3.29. The SMILES string of the molecule is Cc1nc2ccc(N3CCCCC3)cc2c(-c2ccc(F)cc2)c1C(C)Oc1ccc(S(C)(=O)=O)cc1. The van der Waals surface area contributed by atoms with E-state index in [4.69, 9.17) is 9.72 Å². The maximum atomic E-state index is 13.9. The summed E-state index contributed by atoms with van der Waals surface area (Å²) in [5.74, 6) is 0.274. The fraction of sp³-hybridized carbons (Fsp3) is 0.300. The highest BCUT2D eigenvalue weighted by Gasteiger charge is 2.22. The van der Waals surface area contributed by atoms with Crippen molar-refractivity contribution >= 4 is 26.4 Å². The molecule has 7 heteroatoms. The molecular formula is C30H31FN2O3S. The van der Waals surface area contributed by atoms with Crippen LogP contribution >= 0.6 is 0 Å². The van der Waals surface area contributed by atoms with E-state index in [1.165, 1.54) is 37.7 Å². The minimum atomic E-state index is -3.29. The fourth-order valence-corrected chi connectivity index (χ4v) is 5.82. The van der Waals surface area contributed by atoms with Crippen LogP contribution in [-0.2, 0) is 9.84 Å². The number of hydrogen-bond donors (Lipinski definition) is 0. The molecule has 37 heavy (non-hydrogen) atoms. The van der Waals surface area contributed by atoms with Gasteiger partial charge in [0.15, 0.2) is 9.84 Å². The Bertz CT molecular complexity index is 1530. The quantitative estimate of drug-likeness (QED) is 0.278. The minimum Gasteiger partial charge on any atom is -0.486 e. The first-order valence-corrected chi connectivity index (χ1v) is 14.5. The second kappa shape index (κ2) is 10.1. The lowest BCUT2D eigenvalue weighted by Gasteiger charge is -2.29. The van der Waals surface area contributed by atoms with Crippen LogP contribution in [0.5, 0.6) is 5.75 Å². The Morgan fingerprint density at radius 1 is 0.946 bits per heavy atom. The van der Waals surface area contributed by atoms with Crippen molar-refractivity contribution in [3.8, 4) is 16.9 Å². The highest BCUT2D eigenvalue weighted by Crippen LogP contribution is 2.39. The number of ether oxygens (including phenoxy) is 1. The average molecular weight is 519 g/mol. The highest BCUT2D eigenvalue weighted by molar-refractivity contribution is 7.90. The van der Waals surface area contributed by atoms with Gasteiger partial charge in [0.25, 0.3) is 0 Å². The molecule has 3 aromatic carbocycles. The van der Waals surface area contributed by atoms with Crippen molar-refractivity contribution < 1.29 is 17.5 Å². The number of nitrogens with zero attached hydrogens (tertiary/aromatic N) is 2. The third-order valence-electron chi connectivity index (χ3n) is 7.02. The van der Waals surface area contributed by atoms with Gasteiger partial charge in [0.2, 0.25) is 0 Å². The lowest BCUT2D eigenvalue weighted by atomic mass is 9.91. The number of anilines is 1. The van der Waals surface area contributed by atoms with Gasteiger partial charge in [0, 0.05) is 41.7 Å². The van der Waals surface area contributed by atoms with Crippen molar-refractivity contribution in [2.45, 2.75) is 44.1 Å². The topological polar surface area (TPSA) is 59.5 Å². The van der Waals surface area contributed by atoms with Gasteiger partial charge in [0.1, 0.15) is 17.7 Å². The molecule has 0 bridgehead atoms. The lowest BCUT2D eigenvalue weighted by molar-refractivity contribution is 0.226. The van der Waals surface area contributed by atoms with Crippen LogP contribution in [0, 0.1) is 12.7 Å². The molecule has 1 atom stereocenters. The molecule has 1 saturated heterocycles. The molecule has 1 unspecified atom stereocenters. The maximum absolute atomic E-state index is 13.9. The van der Waals surface area contributed by atoms with Gasteiger partial charge in [0.05, 0.1) is 10.4 Å². The zero-order chi connectivity index (χ0) is 26.2. The fourth-order valence-electron chi connectivity index (χ4n) is 5.19. The van der Waals surface area contributed by atoms with Crippen molar-refractivity contribution in [3.05, 3.63) is 83.8 Å². The number of benzene rings is 3. The van der Waals surface area contributed by atoms with Gasteiger partial charge in [-0.2, -0.15) is 0 Å². The van der Waals surface area contributed by atoms with Gasteiger partial charge in [-0.25, -0.2) is 12.8 Å². The molecule has 0 saturated carbocycles. The zero-order valence-corrected chi connectivity index (χ0v) is 22.2. The van der Waals surface area contributed by atoms with E-state index in [2.05, 4.69) is 23.1 Å². The Kier molecular flexibility index (Phi) is 6.90. The predicted octanol–water partition coefficient (Wildman–Crippen LogP) is 6.88. The van der Waals surface area contributed by atoms with Gasteiger partial charge >= 0.3 is 0 Å². The van der Waals surface area contributed by atoms with Gasteiger partial charge < -0.3 is 9.64 Å². The monoisotopic (exact) mass is 518 g/mol. The van der Waals surface area contributed by atoms with E-state index < -0.39 is 9.84 Å². The van der Waals surface area contributed by atoms with Crippen molar-refractivity contribution in [2.75, 3.05) is 24.2 Å². The van der Waals surface area contributed by atoms with Crippen molar-refractivity contribution in [1.29, 1.82) is 0 Å². The van der Waals surface area contributed by atoms with Crippen molar-refractivity contribution in [3.63, 3.8) is 0 Å². The van der Waals surface area contributed by atoms with E-state index in [0.29, 0.717) is 5.75 Å². The third kappa shape index (κ3) is 5.32. The smallest absolute Gasteiger partial charge is 0.175 e. The summed E-state index contributed by atoms with van der Waals surface area (Å²) in [5, 5.41) is 0.998. The number of aryl methyl sites for hydroxylation is 1. The molecule has 5 nitrogen and oxygen atoms in total. The third-order valence-corrected chi connectivity index (χ3v) is 8.15. The molecule has 1 fully saturated rings. The first-order valence-electron chi connectivity index (χ1n) is 12.6. The Labute approximate surface area is 217 Å². The first-order chi connectivity index (χ1) is 17.7. The summed E-state index contributed by atoms with van der Waals surface area (Å²) in [4.78, 5) is 7.58. The average Bonchev–Trinajstić information content (AvgIpc) is 2.88. The summed E-state index contributed by atoms with van der Waals surface area (Å²) in [5.41, 5.74) is 5.66. The van der Waals surface area contributed by atoms with Gasteiger partial charge in [-0.05, 0) is 98.8 Å². The van der Waals surface area contributed by atoms with Crippen LogP contribution < -0.4 is 9.64 Å². The number of pyridine rings is 1. The Balaban J connectivity index is 1.63. The molecule has 1 aliphatic heterocycles. The van der Waals surface area contributed by atoms with E-state index in [1.54, 1.807) is 36.4 Å². The molecule has 5 rings (SSSR count). The molecule has 1 aromatic heterocycles. The molecule has 2 heterocycles. The number of sulfone groups is 1. The van der Waals surface area contributed by atoms with E-state index in [9.17, 15) is 12.8 Å². The predicted molar refractivity (Wildman–Crippen MR) is 147 cm³/mol. The van der Waals surface area contributed by atoms with Gasteiger partial charge in [-0.15, -0.1) is 0 Å². The van der Waals surface area contributed by atoms with Crippen LogP contribution in [0.2, 0.25) is 0 Å². The highest BCUT2D eigenvalue weighted by atomic mass is 32.2. The second-order valence-corrected chi connectivity index (χ2v) is 11.8. The summed E-state index contributed by atoms with van der Waals surface area (Å²) in [6.45, 7) is 5.99. The van der Waals surface area contributed by atoms with Gasteiger partial charge in [-0.1, -0.05) is 12.1 Å². The van der Waals surface area contributed by atoms with E-state index in [1.807, 2.05) is 13.8 Å². The lowest BCUT2D eigenvalue weighted by Crippen LogP contribution is -2.29. The summed E-state index contributed by atoms with van der Waals surface area (Å²) < 4.78 is 43.9. The standard InChI is InChI=1S/C30H31FN2O3S/c1-20-29(21(2)36-25-12-14-26(15-13-25)37(3,34)35)30(22-7-9-23(31)10-8-22)27-19-24(11-16-28(27)32-20)33-17-5-4-6-18-33/h7-16,19,21H,4-6,17-18H2,1-3H3. The Morgan fingerprint density at radius 3 is 2.27 bits per heavy atom. The summed E-state index contributed by atoms with van der Waals surface area (Å²) >= 11 is 0. The zero-order valence-electron chi connectivity index (χ0n) is 21.4. The van der Waals surface area contributed by atoms with Crippen molar-refractivity contribution in [1.82, 2.24) is 4.98 Å². The van der Waals surface area contributed by atoms with E-state index in [0.717, 1.165) is 52.1 Å². The molecule has 4 aromatic rings. The van der Waals surface area contributed by atoms with E-state index in [-0.39, 0.29) is 16.8 Å².